The quantitative estimate of drug-likeness (QED) is 0.353. The third-order valence-corrected chi connectivity index (χ3v) is 5.28. The third kappa shape index (κ3) is 8.46. The van der Waals surface area contributed by atoms with Gasteiger partial charge in [0, 0.05) is 13.2 Å². The van der Waals surface area contributed by atoms with E-state index in [-0.39, 0.29) is 12.3 Å². The van der Waals surface area contributed by atoms with Crippen LogP contribution in [0.4, 0.5) is 0 Å². The molecule has 184 valence electrons. The van der Waals surface area contributed by atoms with Crippen molar-refractivity contribution in [2.24, 2.45) is 0 Å². The summed E-state index contributed by atoms with van der Waals surface area (Å²) in [6.07, 6.45) is -0.632. The number of amides is 1. The van der Waals surface area contributed by atoms with Gasteiger partial charge in [-0.2, -0.15) is 0 Å². The van der Waals surface area contributed by atoms with Crippen LogP contribution >= 0.6 is 0 Å². The van der Waals surface area contributed by atoms with Gasteiger partial charge in [-0.05, 0) is 67.8 Å². The van der Waals surface area contributed by atoms with Crippen molar-refractivity contribution in [2.45, 2.75) is 38.9 Å². The number of hydrogen-bond acceptors (Lipinski definition) is 5. The molecule has 2 N–H and O–H groups in total. The zero-order chi connectivity index (χ0) is 25.0. The Morgan fingerprint density at radius 2 is 1.51 bits per heavy atom. The van der Waals surface area contributed by atoms with Crippen molar-refractivity contribution in [3.8, 4) is 17.2 Å². The lowest BCUT2D eigenvalue weighted by Gasteiger charge is -2.17. The summed E-state index contributed by atoms with van der Waals surface area (Å²) >= 11 is 0. The van der Waals surface area contributed by atoms with Crippen molar-refractivity contribution >= 4 is 11.9 Å². The van der Waals surface area contributed by atoms with Gasteiger partial charge in [0.1, 0.15) is 17.2 Å². The van der Waals surface area contributed by atoms with Gasteiger partial charge in [-0.15, -0.1) is 0 Å². The molecule has 0 aliphatic carbocycles. The van der Waals surface area contributed by atoms with E-state index in [2.05, 4.69) is 5.32 Å². The maximum absolute atomic E-state index is 12.4. The van der Waals surface area contributed by atoms with E-state index in [1.807, 2.05) is 61.5 Å². The molecule has 0 fully saturated rings. The van der Waals surface area contributed by atoms with Crippen LogP contribution < -0.4 is 14.8 Å². The summed E-state index contributed by atoms with van der Waals surface area (Å²) in [5.41, 5.74) is 1.83. The standard InChI is InChI=1S/C28H31NO6/c1-3-33-26(19-27(30)31)22-11-15-24(16-12-22)34-20(2)28(32)29-18-17-21-9-13-25(14-10-21)35-23-7-5-4-6-8-23/h4-16,20,26H,3,17-19H2,1-2H3,(H,29,32)(H,30,31). The molecule has 2 unspecified atom stereocenters. The summed E-state index contributed by atoms with van der Waals surface area (Å²) in [7, 11) is 0. The van der Waals surface area contributed by atoms with Gasteiger partial charge in [0.2, 0.25) is 0 Å². The molecule has 7 heteroatoms. The first-order valence-electron chi connectivity index (χ1n) is 11.6. The highest BCUT2D eigenvalue weighted by Gasteiger charge is 2.17. The second kappa shape index (κ2) is 13.2. The second-order valence-electron chi connectivity index (χ2n) is 7.97. The van der Waals surface area contributed by atoms with Gasteiger partial charge in [-0.25, -0.2) is 0 Å². The highest BCUT2D eigenvalue weighted by Crippen LogP contribution is 2.24. The molecule has 3 rings (SSSR count). The van der Waals surface area contributed by atoms with Gasteiger partial charge < -0.3 is 24.6 Å². The van der Waals surface area contributed by atoms with Crippen molar-refractivity contribution in [1.82, 2.24) is 5.32 Å². The fraction of sp³-hybridized carbons (Fsp3) is 0.286. The Kier molecular flexibility index (Phi) is 9.69. The Morgan fingerprint density at radius 1 is 0.886 bits per heavy atom. The van der Waals surface area contributed by atoms with Crippen LogP contribution in [0, 0.1) is 0 Å². The van der Waals surface area contributed by atoms with E-state index in [0.29, 0.717) is 25.3 Å². The van der Waals surface area contributed by atoms with Crippen molar-refractivity contribution in [1.29, 1.82) is 0 Å². The van der Waals surface area contributed by atoms with Crippen LogP contribution in [0.15, 0.2) is 78.9 Å². The molecule has 3 aromatic rings. The Hall–Kier alpha value is -3.84. The number of carbonyl (C=O) groups excluding carboxylic acids is 1. The molecule has 0 aliphatic heterocycles. The molecule has 35 heavy (non-hydrogen) atoms. The van der Waals surface area contributed by atoms with Crippen LogP contribution in [0.3, 0.4) is 0 Å². The summed E-state index contributed by atoms with van der Waals surface area (Å²) in [5, 5.41) is 12.0. The molecule has 3 aromatic carbocycles. The lowest BCUT2D eigenvalue weighted by Crippen LogP contribution is -2.37. The molecular weight excluding hydrogens is 446 g/mol. The maximum Gasteiger partial charge on any atom is 0.306 e. The molecule has 0 bridgehead atoms. The molecule has 0 radical (unpaired) electrons. The molecule has 0 heterocycles. The molecular formula is C28H31NO6. The summed E-state index contributed by atoms with van der Waals surface area (Å²) in [6.45, 7) is 4.41. The molecule has 0 saturated heterocycles. The zero-order valence-electron chi connectivity index (χ0n) is 20.0. The molecule has 2 atom stereocenters. The first-order valence-corrected chi connectivity index (χ1v) is 11.6. The summed E-state index contributed by atoms with van der Waals surface area (Å²) in [5.74, 6) is 0.927. The normalized spacial score (nSPS) is 12.4. The Morgan fingerprint density at radius 3 is 2.14 bits per heavy atom. The van der Waals surface area contributed by atoms with Gasteiger partial charge in [0.25, 0.3) is 5.91 Å². The minimum absolute atomic E-state index is 0.115. The minimum atomic E-state index is -0.925. The van der Waals surface area contributed by atoms with E-state index in [1.165, 1.54) is 0 Å². The molecule has 0 aromatic heterocycles. The average molecular weight is 478 g/mol. The summed E-state index contributed by atoms with van der Waals surface area (Å²) in [6, 6.07) is 24.3. The lowest BCUT2D eigenvalue weighted by molar-refractivity contribution is -0.140. The number of carbonyl (C=O) groups is 2. The highest BCUT2D eigenvalue weighted by molar-refractivity contribution is 5.80. The monoisotopic (exact) mass is 477 g/mol. The van der Waals surface area contributed by atoms with Crippen LogP contribution in [0.5, 0.6) is 17.2 Å². The fourth-order valence-corrected chi connectivity index (χ4v) is 3.47. The number of para-hydroxylation sites is 1. The molecule has 0 aliphatic rings. The number of ether oxygens (including phenoxy) is 3. The van der Waals surface area contributed by atoms with Gasteiger partial charge in [0.05, 0.1) is 12.5 Å². The summed E-state index contributed by atoms with van der Waals surface area (Å²) in [4.78, 5) is 23.5. The van der Waals surface area contributed by atoms with Crippen molar-refractivity contribution in [3.05, 3.63) is 90.0 Å². The van der Waals surface area contributed by atoms with Crippen LogP contribution in [0.2, 0.25) is 0 Å². The molecule has 0 spiro atoms. The third-order valence-electron chi connectivity index (χ3n) is 5.28. The maximum atomic E-state index is 12.4. The average Bonchev–Trinajstić information content (AvgIpc) is 2.85. The summed E-state index contributed by atoms with van der Waals surface area (Å²) < 4.78 is 17.1. The Balaban J connectivity index is 1.43. The van der Waals surface area contributed by atoms with E-state index in [1.54, 1.807) is 31.2 Å². The van der Waals surface area contributed by atoms with Crippen LogP contribution in [0.1, 0.15) is 37.5 Å². The lowest BCUT2D eigenvalue weighted by atomic mass is 10.1. The SMILES string of the molecule is CCOC(CC(=O)O)c1ccc(OC(C)C(=O)NCCc2ccc(Oc3ccccc3)cc2)cc1. The van der Waals surface area contributed by atoms with Gasteiger partial charge in [0.15, 0.2) is 6.10 Å². The molecule has 0 saturated carbocycles. The van der Waals surface area contributed by atoms with E-state index in [9.17, 15) is 9.59 Å². The number of rotatable bonds is 13. The predicted octanol–water partition coefficient (Wildman–Crippen LogP) is 5.16. The topological polar surface area (TPSA) is 94.1 Å². The van der Waals surface area contributed by atoms with E-state index < -0.39 is 18.2 Å². The second-order valence-corrected chi connectivity index (χ2v) is 7.97. The van der Waals surface area contributed by atoms with Crippen molar-refractivity contribution < 1.29 is 28.9 Å². The Labute approximate surface area is 205 Å². The zero-order valence-corrected chi connectivity index (χ0v) is 20.0. The van der Waals surface area contributed by atoms with Crippen LogP contribution in [0.25, 0.3) is 0 Å². The number of carboxylic acids is 1. The van der Waals surface area contributed by atoms with E-state index in [0.717, 1.165) is 22.6 Å². The number of benzene rings is 3. The molecule has 7 nitrogen and oxygen atoms in total. The largest absolute Gasteiger partial charge is 0.481 e. The number of aliphatic carboxylic acids is 1. The number of carboxylic acid groups (broad SMARTS) is 1. The van der Waals surface area contributed by atoms with E-state index >= 15 is 0 Å². The van der Waals surface area contributed by atoms with E-state index in [4.69, 9.17) is 19.3 Å². The first-order chi connectivity index (χ1) is 16.9. The predicted molar refractivity (Wildman–Crippen MR) is 133 cm³/mol. The van der Waals surface area contributed by atoms with Crippen LogP contribution in [-0.4, -0.2) is 36.2 Å². The van der Waals surface area contributed by atoms with Gasteiger partial charge >= 0.3 is 5.97 Å². The fourth-order valence-electron chi connectivity index (χ4n) is 3.47. The smallest absolute Gasteiger partial charge is 0.306 e. The van der Waals surface area contributed by atoms with Crippen LogP contribution in [-0.2, 0) is 20.7 Å². The number of nitrogens with one attached hydrogen (secondary N) is 1. The number of hydrogen-bond donors (Lipinski definition) is 2. The first kappa shape index (κ1) is 25.8. The van der Waals surface area contributed by atoms with Gasteiger partial charge in [-0.3, -0.25) is 9.59 Å². The van der Waals surface area contributed by atoms with Crippen molar-refractivity contribution in [2.75, 3.05) is 13.2 Å². The Bertz CT molecular complexity index is 1070. The van der Waals surface area contributed by atoms with Gasteiger partial charge in [-0.1, -0.05) is 42.5 Å². The van der Waals surface area contributed by atoms with Crippen molar-refractivity contribution in [3.63, 3.8) is 0 Å². The minimum Gasteiger partial charge on any atom is -0.481 e. The molecule has 1 amide bonds. The highest BCUT2D eigenvalue weighted by atomic mass is 16.5.